The quantitative estimate of drug-likeness (QED) is 0.855. The van der Waals surface area contributed by atoms with E-state index in [4.69, 9.17) is 9.84 Å². The zero-order valence-electron chi connectivity index (χ0n) is 10.3. The molecule has 19 heavy (non-hydrogen) atoms. The largest absolute Gasteiger partial charge is 0.477 e. The maximum Gasteiger partial charge on any atom is 0.345 e. The molecule has 0 radical (unpaired) electrons. The van der Waals surface area contributed by atoms with Crippen molar-refractivity contribution in [2.24, 2.45) is 0 Å². The van der Waals surface area contributed by atoms with Crippen LogP contribution in [0.25, 0.3) is 0 Å². The molecule has 0 spiro atoms. The van der Waals surface area contributed by atoms with Crippen molar-refractivity contribution in [3.63, 3.8) is 0 Å². The molecular weight excluding hydrogens is 290 g/mol. The molecule has 106 valence electrons. The van der Waals surface area contributed by atoms with Crippen molar-refractivity contribution in [3.8, 4) is 0 Å². The first-order valence-corrected chi connectivity index (χ1v) is 8.17. The summed E-state index contributed by atoms with van der Waals surface area (Å²) in [4.78, 5) is 10.8. The lowest BCUT2D eigenvalue weighted by Crippen LogP contribution is -2.40. The maximum atomic E-state index is 12.1. The molecule has 2 N–H and O–H groups in total. The van der Waals surface area contributed by atoms with E-state index in [9.17, 15) is 13.2 Å². The molecule has 1 heterocycles. The van der Waals surface area contributed by atoms with E-state index in [0.29, 0.717) is 0 Å². The van der Waals surface area contributed by atoms with Crippen LogP contribution in [0.4, 0.5) is 0 Å². The van der Waals surface area contributed by atoms with Gasteiger partial charge in [-0.2, -0.15) is 0 Å². The average molecular weight is 305 g/mol. The Bertz CT molecular complexity index is 565. The van der Waals surface area contributed by atoms with Gasteiger partial charge in [0.1, 0.15) is 4.88 Å². The van der Waals surface area contributed by atoms with Crippen molar-refractivity contribution in [2.75, 3.05) is 7.11 Å². The topological polar surface area (TPSA) is 92.7 Å². The first-order chi connectivity index (χ1) is 8.94. The number of hydrogen-bond donors (Lipinski definition) is 2. The lowest BCUT2D eigenvalue weighted by Gasteiger charge is -2.19. The molecule has 0 aromatic carbocycles. The van der Waals surface area contributed by atoms with Crippen LogP contribution in [0.5, 0.6) is 0 Å². The number of hydrogen-bond acceptors (Lipinski definition) is 5. The standard InChI is InChI=1S/C11H15NO5S2/c1-17-9-4-2-3-8(9)12-19(15,16)7-5-10(11(13)14)18-6-7/h5-6,8-9,12H,2-4H2,1H3,(H,13,14). The van der Waals surface area contributed by atoms with Gasteiger partial charge < -0.3 is 9.84 Å². The first-order valence-electron chi connectivity index (χ1n) is 5.81. The number of thiophene rings is 1. The van der Waals surface area contributed by atoms with Gasteiger partial charge in [-0.3, -0.25) is 0 Å². The van der Waals surface area contributed by atoms with Crippen molar-refractivity contribution in [3.05, 3.63) is 16.3 Å². The van der Waals surface area contributed by atoms with Gasteiger partial charge in [0.15, 0.2) is 0 Å². The van der Waals surface area contributed by atoms with Crippen LogP contribution in [0.15, 0.2) is 16.3 Å². The maximum absolute atomic E-state index is 12.1. The predicted molar refractivity (Wildman–Crippen MR) is 70.0 cm³/mol. The van der Waals surface area contributed by atoms with Crippen molar-refractivity contribution in [2.45, 2.75) is 36.3 Å². The van der Waals surface area contributed by atoms with Crippen LogP contribution in [-0.2, 0) is 14.8 Å². The summed E-state index contributed by atoms with van der Waals surface area (Å²) >= 11 is 0.899. The Morgan fingerprint density at radius 3 is 2.84 bits per heavy atom. The zero-order valence-corrected chi connectivity index (χ0v) is 12.0. The first kappa shape index (κ1) is 14.4. The summed E-state index contributed by atoms with van der Waals surface area (Å²) in [5.41, 5.74) is 0. The Hall–Kier alpha value is -0.960. The molecule has 1 aliphatic rings. The van der Waals surface area contributed by atoms with E-state index in [1.54, 1.807) is 7.11 Å². The number of carboxylic acid groups (broad SMARTS) is 1. The van der Waals surface area contributed by atoms with Crippen LogP contribution in [0.3, 0.4) is 0 Å². The fraction of sp³-hybridized carbons (Fsp3) is 0.545. The van der Waals surface area contributed by atoms with Gasteiger partial charge in [0.05, 0.1) is 11.0 Å². The molecule has 6 nitrogen and oxygen atoms in total. The average Bonchev–Trinajstić information content (AvgIpc) is 2.95. The normalized spacial score (nSPS) is 23.6. The second kappa shape index (κ2) is 5.58. The van der Waals surface area contributed by atoms with Gasteiger partial charge >= 0.3 is 5.97 Å². The molecule has 0 bridgehead atoms. The Kier molecular flexibility index (Phi) is 4.24. The molecule has 0 amide bonds. The van der Waals surface area contributed by atoms with Gasteiger partial charge in [0.2, 0.25) is 10.0 Å². The van der Waals surface area contributed by atoms with Crippen molar-refractivity contribution in [1.82, 2.24) is 4.72 Å². The summed E-state index contributed by atoms with van der Waals surface area (Å²) in [6.45, 7) is 0. The molecule has 8 heteroatoms. The third kappa shape index (κ3) is 3.14. The molecule has 1 saturated carbocycles. The number of methoxy groups -OCH3 is 1. The van der Waals surface area contributed by atoms with Crippen LogP contribution in [0.2, 0.25) is 0 Å². The second-order valence-electron chi connectivity index (χ2n) is 4.38. The summed E-state index contributed by atoms with van der Waals surface area (Å²) in [5, 5.41) is 10.1. The SMILES string of the molecule is COC1CCCC1NS(=O)(=O)c1csc(C(=O)O)c1. The lowest BCUT2D eigenvalue weighted by atomic mass is 10.2. The zero-order chi connectivity index (χ0) is 14.0. The lowest BCUT2D eigenvalue weighted by molar-refractivity contribution is 0.0702. The van der Waals surface area contributed by atoms with Gasteiger partial charge in [0.25, 0.3) is 0 Å². The van der Waals surface area contributed by atoms with Crippen molar-refractivity contribution in [1.29, 1.82) is 0 Å². The molecule has 1 aliphatic carbocycles. The summed E-state index contributed by atoms with van der Waals surface area (Å²) < 4.78 is 32.1. The van der Waals surface area contributed by atoms with Gasteiger partial charge in [-0.05, 0) is 25.3 Å². The van der Waals surface area contributed by atoms with Crippen LogP contribution in [0, 0.1) is 0 Å². The number of rotatable bonds is 5. The van der Waals surface area contributed by atoms with E-state index < -0.39 is 16.0 Å². The summed E-state index contributed by atoms with van der Waals surface area (Å²) in [6, 6.07) is 0.926. The van der Waals surface area contributed by atoms with Crippen molar-refractivity contribution >= 4 is 27.3 Å². The molecule has 0 aliphatic heterocycles. The summed E-state index contributed by atoms with van der Waals surface area (Å²) in [5.74, 6) is -1.12. The third-order valence-electron chi connectivity index (χ3n) is 3.16. The molecule has 1 aromatic heterocycles. The van der Waals surface area contributed by atoms with E-state index in [2.05, 4.69) is 4.72 Å². The molecule has 1 fully saturated rings. The number of carboxylic acids is 1. The number of nitrogens with one attached hydrogen (secondary N) is 1. The predicted octanol–water partition coefficient (Wildman–Crippen LogP) is 1.29. The van der Waals surface area contributed by atoms with Gasteiger partial charge in [0, 0.05) is 18.5 Å². The highest BCUT2D eigenvalue weighted by Crippen LogP contribution is 2.25. The molecule has 2 unspecified atom stereocenters. The Morgan fingerprint density at radius 2 is 2.26 bits per heavy atom. The van der Waals surface area contributed by atoms with Crippen molar-refractivity contribution < 1.29 is 23.1 Å². The fourth-order valence-electron chi connectivity index (χ4n) is 2.18. The van der Waals surface area contributed by atoms with Crippen LogP contribution in [-0.4, -0.2) is 38.7 Å². The fourth-order valence-corrected chi connectivity index (χ4v) is 4.59. The molecular formula is C11H15NO5S2. The molecule has 1 aromatic rings. The van der Waals surface area contributed by atoms with E-state index >= 15 is 0 Å². The van der Waals surface area contributed by atoms with E-state index in [1.807, 2.05) is 0 Å². The molecule has 0 saturated heterocycles. The highest BCUT2D eigenvalue weighted by Gasteiger charge is 2.31. The summed E-state index contributed by atoms with van der Waals surface area (Å²) in [7, 11) is -2.12. The number of carbonyl (C=O) groups is 1. The minimum atomic E-state index is -3.68. The Morgan fingerprint density at radius 1 is 1.53 bits per heavy atom. The summed E-state index contributed by atoms with van der Waals surface area (Å²) in [6.07, 6.45) is 2.35. The molecule has 2 rings (SSSR count). The number of ether oxygens (including phenoxy) is 1. The van der Waals surface area contributed by atoms with Crippen LogP contribution >= 0.6 is 11.3 Å². The Labute approximate surface area is 115 Å². The van der Waals surface area contributed by atoms with Gasteiger partial charge in [-0.15, -0.1) is 11.3 Å². The number of sulfonamides is 1. The minimum Gasteiger partial charge on any atom is -0.477 e. The minimum absolute atomic E-state index is 0.00310. The Balaban J connectivity index is 2.15. The highest BCUT2D eigenvalue weighted by atomic mass is 32.2. The van der Waals surface area contributed by atoms with Gasteiger partial charge in [-0.25, -0.2) is 17.9 Å². The monoisotopic (exact) mass is 305 g/mol. The highest BCUT2D eigenvalue weighted by molar-refractivity contribution is 7.89. The van der Waals surface area contributed by atoms with E-state index in [-0.39, 0.29) is 21.9 Å². The van der Waals surface area contributed by atoms with E-state index in [0.717, 1.165) is 30.6 Å². The van der Waals surface area contributed by atoms with Gasteiger partial charge in [-0.1, -0.05) is 0 Å². The second-order valence-corrected chi connectivity index (χ2v) is 7.01. The smallest absolute Gasteiger partial charge is 0.345 e. The third-order valence-corrected chi connectivity index (χ3v) is 5.70. The number of aromatic carboxylic acids is 1. The van der Waals surface area contributed by atoms with Crippen LogP contribution < -0.4 is 4.72 Å². The van der Waals surface area contributed by atoms with Crippen LogP contribution in [0.1, 0.15) is 28.9 Å². The molecule has 2 atom stereocenters. The van der Waals surface area contributed by atoms with E-state index in [1.165, 1.54) is 11.4 Å².